The van der Waals surface area contributed by atoms with E-state index in [1.165, 1.54) is 6.08 Å². The minimum atomic E-state index is -3.08. The monoisotopic (exact) mass is 213 g/mol. The van der Waals surface area contributed by atoms with Crippen molar-refractivity contribution in [3.63, 3.8) is 0 Å². The number of allylic oxidation sites excluding steroid dienone is 3. The SMILES string of the molecule is C=C(N)C1=CC2(C(F)(F)CO)CC2C=C1. The van der Waals surface area contributed by atoms with Crippen LogP contribution in [0, 0.1) is 11.3 Å². The van der Waals surface area contributed by atoms with Gasteiger partial charge in [-0.25, -0.2) is 8.78 Å². The number of aliphatic hydroxyl groups is 1. The van der Waals surface area contributed by atoms with E-state index in [1.807, 2.05) is 0 Å². The lowest BCUT2D eigenvalue weighted by Crippen LogP contribution is -2.35. The Morgan fingerprint density at radius 3 is 2.93 bits per heavy atom. The number of rotatable bonds is 3. The molecule has 15 heavy (non-hydrogen) atoms. The fourth-order valence-electron chi connectivity index (χ4n) is 2.13. The summed E-state index contributed by atoms with van der Waals surface area (Å²) in [5.41, 5.74) is 5.06. The van der Waals surface area contributed by atoms with Crippen LogP contribution in [-0.4, -0.2) is 17.6 Å². The zero-order chi connectivity index (χ0) is 11.3. The number of fused-ring (bicyclic) bond motifs is 1. The van der Waals surface area contributed by atoms with Crippen molar-refractivity contribution in [1.82, 2.24) is 0 Å². The van der Waals surface area contributed by atoms with Crippen molar-refractivity contribution in [2.45, 2.75) is 12.3 Å². The average Bonchev–Trinajstić information content (AvgIpc) is 2.92. The molecule has 3 N–H and O–H groups in total. The molecule has 0 heterocycles. The molecule has 0 aliphatic heterocycles. The van der Waals surface area contributed by atoms with Gasteiger partial charge in [0.15, 0.2) is 0 Å². The van der Waals surface area contributed by atoms with Gasteiger partial charge in [0.1, 0.15) is 6.61 Å². The molecular weight excluding hydrogens is 200 g/mol. The van der Waals surface area contributed by atoms with Crippen LogP contribution in [0.5, 0.6) is 0 Å². The van der Waals surface area contributed by atoms with Gasteiger partial charge < -0.3 is 10.8 Å². The van der Waals surface area contributed by atoms with Crippen molar-refractivity contribution >= 4 is 0 Å². The van der Waals surface area contributed by atoms with Crippen LogP contribution in [-0.2, 0) is 0 Å². The van der Waals surface area contributed by atoms with Gasteiger partial charge in [-0.3, -0.25) is 0 Å². The van der Waals surface area contributed by atoms with Gasteiger partial charge in [-0.05, 0) is 17.9 Å². The number of halogens is 2. The van der Waals surface area contributed by atoms with Crippen LogP contribution >= 0.6 is 0 Å². The maximum atomic E-state index is 13.5. The van der Waals surface area contributed by atoms with E-state index in [1.54, 1.807) is 12.2 Å². The van der Waals surface area contributed by atoms with Crippen molar-refractivity contribution < 1.29 is 13.9 Å². The topological polar surface area (TPSA) is 46.2 Å². The van der Waals surface area contributed by atoms with Crippen molar-refractivity contribution in [1.29, 1.82) is 0 Å². The lowest BCUT2D eigenvalue weighted by Gasteiger charge is -2.25. The number of aliphatic hydroxyl groups excluding tert-OH is 1. The fourth-order valence-corrected chi connectivity index (χ4v) is 2.13. The van der Waals surface area contributed by atoms with Crippen molar-refractivity contribution in [3.05, 3.63) is 36.1 Å². The first kappa shape index (κ1) is 10.4. The highest BCUT2D eigenvalue weighted by Crippen LogP contribution is 2.65. The number of nitrogens with two attached hydrogens (primary N) is 1. The highest BCUT2D eigenvalue weighted by molar-refractivity contribution is 5.46. The van der Waals surface area contributed by atoms with Crippen LogP contribution in [0.3, 0.4) is 0 Å². The Hall–Kier alpha value is -1.16. The van der Waals surface area contributed by atoms with E-state index in [-0.39, 0.29) is 11.6 Å². The smallest absolute Gasteiger partial charge is 0.280 e. The summed E-state index contributed by atoms with van der Waals surface area (Å²) >= 11 is 0. The van der Waals surface area contributed by atoms with Crippen LogP contribution in [0.1, 0.15) is 6.42 Å². The molecule has 0 aromatic rings. The quantitative estimate of drug-likeness (QED) is 0.747. The Morgan fingerprint density at radius 2 is 2.40 bits per heavy atom. The normalized spacial score (nSPS) is 33.3. The first-order chi connectivity index (χ1) is 6.93. The Morgan fingerprint density at radius 1 is 1.73 bits per heavy atom. The molecule has 1 fully saturated rings. The van der Waals surface area contributed by atoms with Crippen molar-refractivity contribution in [2.75, 3.05) is 6.61 Å². The minimum absolute atomic E-state index is 0.178. The molecule has 0 saturated heterocycles. The summed E-state index contributed by atoms with van der Waals surface area (Å²) in [4.78, 5) is 0. The third-order valence-electron chi connectivity index (χ3n) is 3.23. The van der Waals surface area contributed by atoms with Gasteiger partial charge in [-0.1, -0.05) is 24.8 Å². The van der Waals surface area contributed by atoms with Crippen LogP contribution < -0.4 is 5.73 Å². The molecule has 2 aliphatic rings. The summed E-state index contributed by atoms with van der Waals surface area (Å²) in [5, 5.41) is 8.71. The van der Waals surface area contributed by atoms with Crippen LogP contribution in [0.15, 0.2) is 36.1 Å². The summed E-state index contributed by atoms with van der Waals surface area (Å²) in [6.45, 7) is 2.39. The Labute approximate surface area is 86.8 Å². The van der Waals surface area contributed by atoms with Gasteiger partial charge in [0, 0.05) is 5.70 Å². The van der Waals surface area contributed by atoms with E-state index in [0.29, 0.717) is 12.0 Å². The number of alkyl halides is 2. The lowest BCUT2D eigenvalue weighted by atomic mass is 9.88. The maximum Gasteiger partial charge on any atom is 0.280 e. The van der Waals surface area contributed by atoms with Crippen molar-refractivity contribution in [3.8, 4) is 0 Å². The van der Waals surface area contributed by atoms with E-state index in [9.17, 15) is 8.78 Å². The molecule has 2 nitrogen and oxygen atoms in total. The Kier molecular flexibility index (Phi) is 2.01. The van der Waals surface area contributed by atoms with E-state index in [0.717, 1.165) is 0 Å². The Bertz CT molecular complexity index is 373. The zero-order valence-corrected chi connectivity index (χ0v) is 8.21. The lowest BCUT2D eigenvalue weighted by molar-refractivity contribution is -0.0974. The van der Waals surface area contributed by atoms with Crippen LogP contribution in [0.2, 0.25) is 0 Å². The standard InChI is InChI=1S/C11H13F2NO/c1-7(14)8-2-3-9-5-10(9,4-8)11(12,13)6-15/h2-4,9,15H,1,5-6,14H2. The predicted octanol–water partition coefficient (Wildman–Crippen LogP) is 1.59. The summed E-state index contributed by atoms with van der Waals surface area (Å²) in [6, 6.07) is 0. The minimum Gasteiger partial charge on any atom is -0.399 e. The molecule has 82 valence electrons. The highest BCUT2D eigenvalue weighted by Gasteiger charge is 2.67. The molecule has 0 amide bonds. The molecule has 2 unspecified atom stereocenters. The fraction of sp³-hybridized carbons (Fsp3) is 0.455. The molecule has 2 rings (SSSR count). The number of hydrogen-bond acceptors (Lipinski definition) is 2. The molecule has 4 heteroatoms. The first-order valence-corrected chi connectivity index (χ1v) is 4.77. The Balaban J connectivity index is 2.35. The van der Waals surface area contributed by atoms with E-state index < -0.39 is 17.9 Å². The van der Waals surface area contributed by atoms with Crippen LogP contribution in [0.4, 0.5) is 8.78 Å². The van der Waals surface area contributed by atoms with E-state index in [2.05, 4.69) is 6.58 Å². The average molecular weight is 213 g/mol. The zero-order valence-electron chi connectivity index (χ0n) is 8.21. The third-order valence-corrected chi connectivity index (χ3v) is 3.23. The maximum absolute atomic E-state index is 13.5. The second-order valence-electron chi connectivity index (χ2n) is 4.20. The third kappa shape index (κ3) is 1.32. The molecule has 0 spiro atoms. The molecule has 2 aliphatic carbocycles. The molecule has 2 atom stereocenters. The summed E-state index contributed by atoms with van der Waals surface area (Å²) in [5.74, 6) is -3.26. The second kappa shape index (κ2) is 2.92. The highest BCUT2D eigenvalue weighted by atomic mass is 19.3. The van der Waals surface area contributed by atoms with Gasteiger partial charge in [0.25, 0.3) is 5.92 Å². The molecule has 0 aromatic carbocycles. The van der Waals surface area contributed by atoms with Gasteiger partial charge in [-0.15, -0.1) is 0 Å². The van der Waals surface area contributed by atoms with Gasteiger partial charge in [0.2, 0.25) is 0 Å². The molecule has 0 aromatic heterocycles. The summed E-state index contributed by atoms with van der Waals surface area (Å²) in [7, 11) is 0. The van der Waals surface area contributed by atoms with E-state index >= 15 is 0 Å². The van der Waals surface area contributed by atoms with Crippen LogP contribution in [0.25, 0.3) is 0 Å². The van der Waals surface area contributed by atoms with Gasteiger partial charge in [0.05, 0.1) is 5.41 Å². The molecule has 1 saturated carbocycles. The molecule has 0 bridgehead atoms. The first-order valence-electron chi connectivity index (χ1n) is 4.77. The molecular formula is C11H13F2NO. The summed E-state index contributed by atoms with van der Waals surface area (Å²) in [6.07, 6.45) is 5.26. The second-order valence-corrected chi connectivity index (χ2v) is 4.20. The summed E-state index contributed by atoms with van der Waals surface area (Å²) < 4.78 is 27.0. The van der Waals surface area contributed by atoms with Gasteiger partial charge >= 0.3 is 0 Å². The molecule has 0 radical (unpaired) electrons. The van der Waals surface area contributed by atoms with Crippen molar-refractivity contribution in [2.24, 2.45) is 17.1 Å². The predicted molar refractivity (Wildman–Crippen MR) is 53.1 cm³/mol. The van der Waals surface area contributed by atoms with E-state index in [4.69, 9.17) is 10.8 Å². The largest absolute Gasteiger partial charge is 0.399 e. The van der Waals surface area contributed by atoms with Gasteiger partial charge in [-0.2, -0.15) is 0 Å². The number of hydrogen-bond donors (Lipinski definition) is 2.